The molecule has 8 nitrogen and oxygen atoms in total. The maximum Gasteiger partial charge on any atom is 0.260 e. The van der Waals surface area contributed by atoms with E-state index in [9.17, 15) is 9.59 Å². The number of thiazole rings is 1. The van der Waals surface area contributed by atoms with Crippen LogP contribution < -0.4 is 14.4 Å². The number of carbonyl (C=O) groups is 2. The highest BCUT2D eigenvalue weighted by Gasteiger charge is 2.23. The number of likely N-dealkylation sites (tertiary alicyclic amines) is 1. The van der Waals surface area contributed by atoms with Crippen molar-refractivity contribution in [3.05, 3.63) is 35.3 Å². The van der Waals surface area contributed by atoms with E-state index in [1.807, 2.05) is 28.3 Å². The molecule has 9 heteroatoms. The molecule has 2 aromatic rings. The highest BCUT2D eigenvalue weighted by Crippen LogP contribution is 2.29. The van der Waals surface area contributed by atoms with E-state index in [0.29, 0.717) is 36.8 Å². The van der Waals surface area contributed by atoms with Gasteiger partial charge in [0.2, 0.25) is 0 Å². The first-order valence-electron chi connectivity index (χ1n) is 11.8. The Hall–Kier alpha value is -2.81. The predicted octanol–water partition coefficient (Wildman–Crippen LogP) is 3.29. The quantitative estimate of drug-likeness (QED) is 0.616. The minimum absolute atomic E-state index is 0.00773. The van der Waals surface area contributed by atoms with Gasteiger partial charge in [0, 0.05) is 56.4 Å². The van der Waals surface area contributed by atoms with Crippen LogP contribution in [-0.2, 0) is 4.79 Å². The first-order chi connectivity index (χ1) is 16.2. The molecule has 1 aromatic carbocycles. The van der Waals surface area contributed by atoms with Gasteiger partial charge in [-0.2, -0.15) is 0 Å². The summed E-state index contributed by atoms with van der Waals surface area (Å²) in [5.74, 6) is 0.957. The van der Waals surface area contributed by atoms with Crippen LogP contribution in [0.25, 0.3) is 0 Å². The van der Waals surface area contributed by atoms with Crippen molar-refractivity contribution in [1.29, 1.82) is 0 Å². The highest BCUT2D eigenvalue weighted by molar-refractivity contribution is 7.13. The minimum atomic E-state index is -0.0217. The molecular weight excluding hydrogens is 440 g/mol. The molecular formula is C24H32N4O4S. The van der Waals surface area contributed by atoms with Gasteiger partial charge in [0.15, 0.2) is 23.2 Å². The molecule has 0 N–H and O–H groups in total. The van der Waals surface area contributed by atoms with Gasteiger partial charge in [0.25, 0.3) is 11.8 Å². The molecule has 0 aliphatic carbocycles. The molecule has 2 saturated heterocycles. The van der Waals surface area contributed by atoms with E-state index in [4.69, 9.17) is 9.47 Å². The number of aromatic nitrogens is 1. The van der Waals surface area contributed by atoms with Crippen LogP contribution in [0.4, 0.5) is 5.13 Å². The van der Waals surface area contributed by atoms with Gasteiger partial charge >= 0.3 is 0 Å². The summed E-state index contributed by atoms with van der Waals surface area (Å²) in [6.07, 6.45) is 5.97. The summed E-state index contributed by atoms with van der Waals surface area (Å²) in [6, 6.07) is 5.23. The van der Waals surface area contributed by atoms with Crippen molar-refractivity contribution >= 4 is 28.3 Å². The number of anilines is 1. The minimum Gasteiger partial charge on any atom is -0.490 e. The summed E-state index contributed by atoms with van der Waals surface area (Å²) in [6.45, 7) is 6.90. The maximum absolute atomic E-state index is 13.2. The SMILES string of the molecule is CCOc1cc(C(=O)N2CCCN(c3nccs3)CC2)ccc1OCC(=O)N1CCCCC1. The van der Waals surface area contributed by atoms with Crippen molar-refractivity contribution in [2.45, 2.75) is 32.6 Å². The lowest BCUT2D eigenvalue weighted by molar-refractivity contribution is -0.134. The van der Waals surface area contributed by atoms with Crippen molar-refractivity contribution in [2.75, 3.05) is 57.4 Å². The molecule has 0 bridgehead atoms. The number of carbonyl (C=O) groups excluding carboxylic acids is 2. The molecule has 0 atom stereocenters. The molecule has 1 aromatic heterocycles. The van der Waals surface area contributed by atoms with E-state index in [-0.39, 0.29) is 18.4 Å². The Balaban J connectivity index is 1.39. The zero-order chi connectivity index (χ0) is 23.0. The molecule has 3 heterocycles. The van der Waals surface area contributed by atoms with Crippen LogP contribution in [0.15, 0.2) is 29.8 Å². The fraction of sp³-hybridized carbons (Fsp3) is 0.542. The van der Waals surface area contributed by atoms with Crippen molar-refractivity contribution in [3.63, 3.8) is 0 Å². The molecule has 0 radical (unpaired) electrons. The molecule has 4 rings (SSSR count). The van der Waals surface area contributed by atoms with Crippen molar-refractivity contribution in [1.82, 2.24) is 14.8 Å². The van der Waals surface area contributed by atoms with Crippen LogP contribution in [0, 0.1) is 0 Å². The number of amides is 2. The predicted molar refractivity (Wildman–Crippen MR) is 128 cm³/mol. The normalized spacial score (nSPS) is 16.9. The largest absolute Gasteiger partial charge is 0.490 e. The Kier molecular flexibility index (Phi) is 8.04. The molecule has 2 aliphatic heterocycles. The zero-order valence-electron chi connectivity index (χ0n) is 19.2. The van der Waals surface area contributed by atoms with Gasteiger partial charge in [0.1, 0.15) is 0 Å². The fourth-order valence-electron chi connectivity index (χ4n) is 4.27. The lowest BCUT2D eigenvalue weighted by Crippen LogP contribution is -2.38. The first kappa shape index (κ1) is 23.4. The third kappa shape index (κ3) is 5.96. The lowest BCUT2D eigenvalue weighted by atomic mass is 10.1. The molecule has 0 saturated carbocycles. The number of rotatable bonds is 7. The number of hydrogen-bond acceptors (Lipinski definition) is 7. The molecule has 2 amide bonds. The van der Waals surface area contributed by atoms with E-state index in [1.54, 1.807) is 29.5 Å². The maximum atomic E-state index is 13.2. The highest BCUT2D eigenvalue weighted by atomic mass is 32.1. The van der Waals surface area contributed by atoms with Gasteiger partial charge in [-0.15, -0.1) is 11.3 Å². The smallest absolute Gasteiger partial charge is 0.260 e. The van der Waals surface area contributed by atoms with Crippen LogP contribution in [0.5, 0.6) is 11.5 Å². The number of ether oxygens (including phenoxy) is 2. The summed E-state index contributed by atoms with van der Waals surface area (Å²) in [4.78, 5) is 36.1. The van der Waals surface area contributed by atoms with Crippen LogP contribution >= 0.6 is 11.3 Å². The van der Waals surface area contributed by atoms with Crippen LogP contribution in [0.1, 0.15) is 43.0 Å². The van der Waals surface area contributed by atoms with Gasteiger partial charge < -0.3 is 24.2 Å². The Bertz CT molecular complexity index is 931. The van der Waals surface area contributed by atoms with Crippen LogP contribution in [0.2, 0.25) is 0 Å². The van der Waals surface area contributed by atoms with Gasteiger partial charge in [0.05, 0.1) is 6.61 Å². The summed E-state index contributed by atoms with van der Waals surface area (Å²) in [7, 11) is 0. The molecule has 0 unspecified atom stereocenters. The third-order valence-electron chi connectivity index (χ3n) is 6.02. The van der Waals surface area contributed by atoms with E-state index in [1.165, 1.54) is 6.42 Å². The average molecular weight is 473 g/mol. The average Bonchev–Trinajstić information content (AvgIpc) is 3.28. The van der Waals surface area contributed by atoms with Crippen molar-refractivity contribution in [3.8, 4) is 11.5 Å². The van der Waals surface area contributed by atoms with Crippen molar-refractivity contribution < 1.29 is 19.1 Å². The zero-order valence-corrected chi connectivity index (χ0v) is 20.0. The number of nitrogens with zero attached hydrogens (tertiary/aromatic N) is 4. The van der Waals surface area contributed by atoms with E-state index >= 15 is 0 Å². The van der Waals surface area contributed by atoms with E-state index < -0.39 is 0 Å². The fourth-order valence-corrected chi connectivity index (χ4v) is 4.97. The van der Waals surface area contributed by atoms with Gasteiger partial charge in [-0.25, -0.2) is 4.98 Å². The monoisotopic (exact) mass is 472 g/mol. The Morgan fingerprint density at radius 1 is 0.939 bits per heavy atom. The van der Waals surface area contributed by atoms with Gasteiger partial charge in [-0.05, 0) is 50.8 Å². The molecule has 2 fully saturated rings. The molecule has 0 spiro atoms. The van der Waals surface area contributed by atoms with Gasteiger partial charge in [-0.1, -0.05) is 0 Å². The van der Waals surface area contributed by atoms with Crippen LogP contribution in [-0.4, -0.2) is 79.1 Å². The van der Waals surface area contributed by atoms with Crippen molar-refractivity contribution in [2.24, 2.45) is 0 Å². The second-order valence-electron chi connectivity index (χ2n) is 8.27. The Morgan fingerprint density at radius 3 is 2.52 bits per heavy atom. The summed E-state index contributed by atoms with van der Waals surface area (Å²) < 4.78 is 11.6. The Labute approximate surface area is 199 Å². The number of benzene rings is 1. The van der Waals surface area contributed by atoms with Crippen LogP contribution in [0.3, 0.4) is 0 Å². The van der Waals surface area contributed by atoms with E-state index in [2.05, 4.69) is 9.88 Å². The second-order valence-corrected chi connectivity index (χ2v) is 9.15. The molecule has 2 aliphatic rings. The third-order valence-corrected chi connectivity index (χ3v) is 6.86. The Morgan fingerprint density at radius 2 is 1.76 bits per heavy atom. The van der Waals surface area contributed by atoms with E-state index in [0.717, 1.165) is 50.6 Å². The van der Waals surface area contributed by atoms with Gasteiger partial charge in [-0.3, -0.25) is 9.59 Å². The summed E-state index contributed by atoms with van der Waals surface area (Å²) in [5, 5.41) is 2.98. The summed E-state index contributed by atoms with van der Waals surface area (Å²) in [5.41, 5.74) is 0.566. The summed E-state index contributed by atoms with van der Waals surface area (Å²) >= 11 is 1.62. The standard InChI is InChI=1S/C24H32N4O4S/c1-2-31-21-17-19(7-8-20(21)32-18-22(29)26-10-4-3-5-11-26)23(30)27-12-6-13-28(15-14-27)24-25-9-16-33-24/h7-9,16-17H,2-6,10-15,18H2,1H3. The lowest BCUT2D eigenvalue weighted by Gasteiger charge is -2.26. The topological polar surface area (TPSA) is 75.2 Å². The molecule has 33 heavy (non-hydrogen) atoms. The first-order valence-corrected chi connectivity index (χ1v) is 12.6. The second kappa shape index (κ2) is 11.4. The number of piperidine rings is 1. The number of hydrogen-bond donors (Lipinski definition) is 0. The molecule has 178 valence electrons.